The number of phosphoric ester groups is 2. The van der Waals surface area contributed by atoms with Gasteiger partial charge in [0.05, 0.1) is 26.4 Å². The van der Waals surface area contributed by atoms with Crippen molar-refractivity contribution in [2.24, 2.45) is 17.8 Å². The van der Waals surface area contributed by atoms with E-state index in [4.69, 9.17) is 37.0 Å². The van der Waals surface area contributed by atoms with Crippen molar-refractivity contribution in [3.05, 3.63) is 0 Å². The molecule has 0 rings (SSSR count). The zero-order valence-corrected chi connectivity index (χ0v) is 56.9. The van der Waals surface area contributed by atoms with Gasteiger partial charge in [-0.1, -0.05) is 273 Å². The molecule has 0 fully saturated rings. The predicted molar refractivity (Wildman–Crippen MR) is 340 cm³/mol. The maximum Gasteiger partial charge on any atom is 0.472 e. The van der Waals surface area contributed by atoms with E-state index in [1.54, 1.807) is 0 Å². The van der Waals surface area contributed by atoms with Gasteiger partial charge < -0.3 is 33.8 Å². The van der Waals surface area contributed by atoms with Gasteiger partial charge >= 0.3 is 39.5 Å². The molecule has 0 aliphatic carbocycles. The number of aliphatic hydroxyl groups excluding tert-OH is 1. The van der Waals surface area contributed by atoms with E-state index in [2.05, 4.69) is 48.5 Å². The number of carbonyl (C=O) groups excluding carboxylic acids is 4. The molecule has 0 spiro atoms. The van der Waals surface area contributed by atoms with E-state index in [1.165, 1.54) is 135 Å². The highest BCUT2D eigenvalue weighted by Crippen LogP contribution is 2.45. The molecule has 0 amide bonds. The Bertz CT molecular complexity index is 1680. The number of hydrogen-bond acceptors (Lipinski definition) is 15. The first-order valence-electron chi connectivity index (χ1n) is 34.4. The zero-order valence-electron chi connectivity index (χ0n) is 55.1. The molecule has 0 saturated heterocycles. The van der Waals surface area contributed by atoms with E-state index in [-0.39, 0.29) is 25.7 Å². The summed E-state index contributed by atoms with van der Waals surface area (Å²) < 4.78 is 68.1. The minimum absolute atomic E-state index is 0.103. The van der Waals surface area contributed by atoms with Crippen LogP contribution in [0.2, 0.25) is 0 Å². The Morgan fingerprint density at radius 3 is 0.894 bits per heavy atom. The molecular formula is C66H128O17P2. The molecule has 0 aromatic heterocycles. The van der Waals surface area contributed by atoms with Crippen molar-refractivity contribution < 1.29 is 80.2 Å². The van der Waals surface area contributed by atoms with E-state index in [1.807, 2.05) is 0 Å². The van der Waals surface area contributed by atoms with Gasteiger partial charge in [0.2, 0.25) is 0 Å². The monoisotopic (exact) mass is 1250 g/mol. The minimum Gasteiger partial charge on any atom is -0.462 e. The van der Waals surface area contributed by atoms with Crippen LogP contribution in [0.15, 0.2) is 0 Å². The molecule has 0 aromatic rings. The van der Waals surface area contributed by atoms with Crippen LogP contribution in [0, 0.1) is 17.8 Å². The van der Waals surface area contributed by atoms with Gasteiger partial charge in [-0.3, -0.25) is 37.3 Å². The van der Waals surface area contributed by atoms with E-state index in [0.717, 1.165) is 102 Å². The van der Waals surface area contributed by atoms with Gasteiger partial charge in [0, 0.05) is 25.7 Å². The van der Waals surface area contributed by atoms with Crippen molar-refractivity contribution in [3.8, 4) is 0 Å². The molecule has 0 heterocycles. The highest BCUT2D eigenvalue weighted by molar-refractivity contribution is 7.47. The zero-order chi connectivity index (χ0) is 63.1. The molecule has 0 aromatic carbocycles. The van der Waals surface area contributed by atoms with Gasteiger partial charge in [0.15, 0.2) is 12.2 Å². The van der Waals surface area contributed by atoms with Crippen molar-refractivity contribution in [1.29, 1.82) is 0 Å². The normalized spacial score (nSPS) is 14.6. The summed E-state index contributed by atoms with van der Waals surface area (Å²) in [4.78, 5) is 72.3. The molecule has 504 valence electrons. The molecule has 3 N–H and O–H groups in total. The number of ether oxygens (including phenoxy) is 4. The van der Waals surface area contributed by atoms with Crippen molar-refractivity contribution in [2.45, 2.75) is 343 Å². The number of rotatable bonds is 64. The van der Waals surface area contributed by atoms with E-state index >= 15 is 0 Å². The van der Waals surface area contributed by atoms with Gasteiger partial charge in [-0.2, -0.15) is 0 Å². The van der Waals surface area contributed by atoms with Crippen molar-refractivity contribution in [1.82, 2.24) is 0 Å². The number of carbonyl (C=O) groups is 4. The lowest BCUT2D eigenvalue weighted by Crippen LogP contribution is -2.30. The van der Waals surface area contributed by atoms with E-state index in [9.17, 15) is 43.2 Å². The smallest absolute Gasteiger partial charge is 0.462 e. The first-order chi connectivity index (χ1) is 40.8. The van der Waals surface area contributed by atoms with Crippen LogP contribution >= 0.6 is 15.6 Å². The lowest BCUT2D eigenvalue weighted by molar-refractivity contribution is -0.161. The van der Waals surface area contributed by atoms with Crippen LogP contribution in [0.3, 0.4) is 0 Å². The fourth-order valence-electron chi connectivity index (χ4n) is 9.80. The molecule has 17 nitrogen and oxygen atoms in total. The third-order valence-corrected chi connectivity index (χ3v) is 17.4. The topological polar surface area (TPSA) is 237 Å². The summed E-state index contributed by atoms with van der Waals surface area (Å²) >= 11 is 0. The standard InChI is InChI=1S/C66H128O17P2/c1-8-10-11-12-13-17-26-33-40-47-63(68)76-54-62(83-66(71)50-43-36-29-22-24-31-38-45-58(5)6)56-81-85(74,75)79-52-60(67)51-78-84(72,73)80-55-61(53-77-64(69)48-41-34-27-21-16-18-23-30-37-44-57(3)4)82-65(70)49-42-35-28-20-15-14-19-25-32-39-46-59(7)9-2/h57-62,67H,8-56H2,1-7H3,(H,72,73)(H,74,75)/t59?,60-,61-,62-/m1/s1. The quantitative estimate of drug-likeness (QED) is 0.0222. The van der Waals surface area contributed by atoms with Crippen LogP contribution in [0.5, 0.6) is 0 Å². The lowest BCUT2D eigenvalue weighted by Gasteiger charge is -2.21. The van der Waals surface area contributed by atoms with Crippen molar-refractivity contribution >= 4 is 39.5 Å². The molecule has 85 heavy (non-hydrogen) atoms. The SMILES string of the molecule is CCCCCCCCCCCC(=O)OC[C@H](COP(=O)(O)OC[C@H](O)COP(=O)(O)OC[C@@H](COC(=O)CCCCCCCCCCCC(C)C)OC(=O)CCCCCCCCCCCCC(C)CC)OC(=O)CCCCCCCCCC(C)C. The number of unbranched alkanes of at least 4 members (excludes halogenated alkanes) is 31. The first-order valence-corrected chi connectivity index (χ1v) is 37.4. The van der Waals surface area contributed by atoms with Gasteiger partial charge in [0.1, 0.15) is 19.3 Å². The first kappa shape index (κ1) is 83.1. The Morgan fingerprint density at radius 2 is 0.600 bits per heavy atom. The summed E-state index contributed by atoms with van der Waals surface area (Å²) in [5.74, 6) is 0.107. The molecule has 0 radical (unpaired) electrons. The molecule has 0 saturated carbocycles. The van der Waals surface area contributed by atoms with E-state index < -0.39 is 97.5 Å². The van der Waals surface area contributed by atoms with Gasteiger partial charge in [-0.05, 0) is 43.4 Å². The summed E-state index contributed by atoms with van der Waals surface area (Å²) in [6, 6.07) is 0. The second-order valence-electron chi connectivity index (χ2n) is 25.1. The summed E-state index contributed by atoms with van der Waals surface area (Å²) in [6.07, 6.45) is 38.9. The molecule has 6 atom stereocenters. The Kier molecular flexibility index (Phi) is 55.9. The molecule has 19 heteroatoms. The van der Waals surface area contributed by atoms with Crippen LogP contribution in [-0.2, 0) is 65.4 Å². The summed E-state index contributed by atoms with van der Waals surface area (Å²) in [5, 5.41) is 10.5. The summed E-state index contributed by atoms with van der Waals surface area (Å²) in [5.41, 5.74) is 0. The fraction of sp³-hybridized carbons (Fsp3) is 0.939. The Labute approximate surface area is 517 Å². The average molecular weight is 1260 g/mol. The molecule has 3 unspecified atom stereocenters. The predicted octanol–water partition coefficient (Wildman–Crippen LogP) is 18.3. The number of esters is 4. The van der Waals surface area contributed by atoms with Crippen LogP contribution in [0.1, 0.15) is 325 Å². The summed E-state index contributed by atoms with van der Waals surface area (Å²) in [6.45, 7) is 11.7. The van der Waals surface area contributed by atoms with Crippen LogP contribution < -0.4 is 0 Å². The number of phosphoric acid groups is 2. The fourth-order valence-corrected chi connectivity index (χ4v) is 11.4. The third-order valence-electron chi connectivity index (χ3n) is 15.5. The van der Waals surface area contributed by atoms with E-state index in [0.29, 0.717) is 31.6 Å². The lowest BCUT2D eigenvalue weighted by atomic mass is 9.99. The highest BCUT2D eigenvalue weighted by atomic mass is 31.2. The van der Waals surface area contributed by atoms with Crippen LogP contribution in [-0.4, -0.2) is 96.7 Å². The average Bonchev–Trinajstić information content (AvgIpc) is 3.54. The molecule has 0 aliphatic rings. The second-order valence-corrected chi connectivity index (χ2v) is 28.0. The Balaban J connectivity index is 5.25. The highest BCUT2D eigenvalue weighted by Gasteiger charge is 2.30. The minimum atomic E-state index is -4.95. The maximum absolute atomic E-state index is 13.0. The van der Waals surface area contributed by atoms with Crippen LogP contribution in [0.4, 0.5) is 0 Å². The van der Waals surface area contributed by atoms with Crippen molar-refractivity contribution in [2.75, 3.05) is 39.6 Å². The molecule has 0 aliphatic heterocycles. The van der Waals surface area contributed by atoms with Gasteiger partial charge in [0.25, 0.3) is 0 Å². The number of hydrogen-bond donors (Lipinski definition) is 3. The Hall–Kier alpha value is -1.94. The number of aliphatic hydroxyl groups is 1. The second kappa shape index (κ2) is 57.2. The maximum atomic E-state index is 13.0. The molecule has 0 bridgehead atoms. The summed E-state index contributed by atoms with van der Waals surface area (Å²) in [7, 11) is -9.89. The third kappa shape index (κ3) is 59.5. The molecular weight excluding hydrogens is 1130 g/mol. The Morgan fingerprint density at radius 1 is 0.341 bits per heavy atom. The van der Waals surface area contributed by atoms with Gasteiger partial charge in [-0.15, -0.1) is 0 Å². The van der Waals surface area contributed by atoms with Crippen LogP contribution in [0.25, 0.3) is 0 Å². The largest absolute Gasteiger partial charge is 0.472 e. The van der Waals surface area contributed by atoms with Gasteiger partial charge in [-0.25, -0.2) is 9.13 Å². The van der Waals surface area contributed by atoms with Crippen molar-refractivity contribution in [3.63, 3.8) is 0 Å².